The molecular weight excluding hydrogens is 244 g/mol. The summed E-state index contributed by atoms with van der Waals surface area (Å²) in [4.78, 5) is 11.4. The first-order chi connectivity index (χ1) is 8.42. The number of rotatable bonds is 6. The molecule has 1 fully saturated rings. The van der Waals surface area contributed by atoms with E-state index in [9.17, 15) is 4.79 Å². The van der Waals surface area contributed by atoms with Gasteiger partial charge in [0.1, 0.15) is 0 Å². The van der Waals surface area contributed by atoms with Crippen molar-refractivity contribution in [2.75, 3.05) is 6.61 Å². The number of allylic oxidation sites excluding steroid dienone is 2. The molecule has 0 unspecified atom stereocenters. The lowest BCUT2D eigenvalue weighted by molar-refractivity contribution is -0.143. The van der Waals surface area contributed by atoms with Crippen LogP contribution in [0.3, 0.4) is 0 Å². The summed E-state index contributed by atoms with van der Waals surface area (Å²) in [5.41, 5.74) is 1.43. The zero-order chi connectivity index (χ0) is 13.6. The van der Waals surface area contributed by atoms with Crippen molar-refractivity contribution in [3.8, 4) is 0 Å². The Morgan fingerprint density at radius 3 is 2.28 bits per heavy atom. The van der Waals surface area contributed by atoms with Crippen molar-refractivity contribution in [3.05, 3.63) is 11.3 Å². The molecule has 0 saturated heterocycles. The van der Waals surface area contributed by atoms with E-state index in [2.05, 4.69) is 19.6 Å². The first-order valence-corrected chi connectivity index (χ1v) is 10.4. The van der Waals surface area contributed by atoms with E-state index in [0.29, 0.717) is 19.4 Å². The number of ether oxygens (including phenoxy) is 1. The maximum atomic E-state index is 11.4. The van der Waals surface area contributed by atoms with Gasteiger partial charge in [0, 0.05) is 6.42 Å². The molecule has 1 aliphatic carbocycles. The van der Waals surface area contributed by atoms with Gasteiger partial charge in [0.05, 0.1) is 18.8 Å². The largest absolute Gasteiger partial charge is 0.547 e. The Morgan fingerprint density at radius 1 is 1.17 bits per heavy atom. The fraction of sp³-hybridized carbons (Fsp3) is 0.786. The second kappa shape index (κ2) is 6.97. The van der Waals surface area contributed by atoms with E-state index in [0.717, 1.165) is 18.6 Å². The zero-order valence-electron chi connectivity index (χ0n) is 12.2. The van der Waals surface area contributed by atoms with Crippen LogP contribution in [0.2, 0.25) is 19.6 Å². The smallest absolute Gasteiger partial charge is 0.306 e. The Kier molecular flexibility index (Phi) is 5.92. The maximum absolute atomic E-state index is 11.4. The van der Waals surface area contributed by atoms with Crippen molar-refractivity contribution in [3.63, 3.8) is 0 Å². The van der Waals surface area contributed by atoms with Gasteiger partial charge < -0.3 is 9.16 Å². The summed E-state index contributed by atoms with van der Waals surface area (Å²) in [5.74, 6) is 0.965. The molecule has 1 saturated carbocycles. The SMILES string of the molecule is CCOC(=O)CCC(O[Si](C)(C)C)=C1CCCC1. The number of carbonyl (C=O) groups is 1. The van der Waals surface area contributed by atoms with Crippen LogP contribution < -0.4 is 0 Å². The van der Waals surface area contributed by atoms with E-state index in [1.165, 1.54) is 18.4 Å². The normalized spacial score (nSPS) is 15.7. The average Bonchev–Trinajstić information content (AvgIpc) is 2.76. The molecule has 0 radical (unpaired) electrons. The highest BCUT2D eigenvalue weighted by atomic mass is 28.4. The summed E-state index contributed by atoms with van der Waals surface area (Å²) in [6.07, 6.45) is 5.95. The molecule has 104 valence electrons. The molecule has 0 spiro atoms. The number of esters is 1. The summed E-state index contributed by atoms with van der Waals surface area (Å²) in [6, 6.07) is 0. The Labute approximate surface area is 112 Å². The first-order valence-electron chi connectivity index (χ1n) is 6.98. The van der Waals surface area contributed by atoms with E-state index < -0.39 is 8.32 Å². The molecule has 0 bridgehead atoms. The van der Waals surface area contributed by atoms with Crippen LogP contribution in [-0.2, 0) is 14.0 Å². The van der Waals surface area contributed by atoms with E-state index in [4.69, 9.17) is 9.16 Å². The van der Waals surface area contributed by atoms with Crippen LogP contribution >= 0.6 is 0 Å². The lowest BCUT2D eigenvalue weighted by Crippen LogP contribution is -2.25. The van der Waals surface area contributed by atoms with Crippen LogP contribution in [-0.4, -0.2) is 20.9 Å². The van der Waals surface area contributed by atoms with Gasteiger partial charge in [-0.25, -0.2) is 0 Å². The molecule has 1 aliphatic rings. The Hall–Kier alpha value is -0.773. The molecule has 0 N–H and O–H groups in total. The summed E-state index contributed by atoms with van der Waals surface area (Å²) in [6.45, 7) is 8.86. The van der Waals surface area contributed by atoms with Crippen molar-refractivity contribution in [1.82, 2.24) is 0 Å². The third-order valence-electron chi connectivity index (χ3n) is 2.89. The van der Waals surface area contributed by atoms with Gasteiger partial charge in [-0.15, -0.1) is 0 Å². The molecular formula is C14H26O3Si. The fourth-order valence-electron chi connectivity index (χ4n) is 2.20. The lowest BCUT2D eigenvalue weighted by Gasteiger charge is -2.23. The third-order valence-corrected chi connectivity index (χ3v) is 3.75. The molecule has 3 nitrogen and oxygen atoms in total. The average molecular weight is 270 g/mol. The zero-order valence-corrected chi connectivity index (χ0v) is 13.2. The van der Waals surface area contributed by atoms with Crippen molar-refractivity contribution >= 4 is 14.3 Å². The summed E-state index contributed by atoms with van der Waals surface area (Å²) < 4.78 is 11.1. The highest BCUT2D eigenvalue weighted by molar-refractivity contribution is 6.70. The van der Waals surface area contributed by atoms with Gasteiger partial charge in [-0.1, -0.05) is 0 Å². The predicted octanol–water partition coefficient (Wildman–Crippen LogP) is 4.01. The van der Waals surface area contributed by atoms with E-state index in [1.807, 2.05) is 6.92 Å². The van der Waals surface area contributed by atoms with Crippen molar-refractivity contribution in [1.29, 1.82) is 0 Å². The molecule has 0 aliphatic heterocycles. The summed E-state index contributed by atoms with van der Waals surface area (Å²) in [7, 11) is -1.59. The van der Waals surface area contributed by atoms with Crippen LogP contribution in [0.25, 0.3) is 0 Å². The quantitative estimate of drug-likeness (QED) is 0.415. The fourth-order valence-corrected chi connectivity index (χ4v) is 3.18. The van der Waals surface area contributed by atoms with Gasteiger partial charge >= 0.3 is 5.97 Å². The van der Waals surface area contributed by atoms with Crippen LogP contribution in [0, 0.1) is 0 Å². The van der Waals surface area contributed by atoms with Gasteiger partial charge in [0.25, 0.3) is 0 Å². The Bertz CT molecular complexity index is 307. The second-order valence-corrected chi connectivity index (χ2v) is 10.2. The monoisotopic (exact) mass is 270 g/mol. The van der Waals surface area contributed by atoms with Crippen LogP contribution in [0.5, 0.6) is 0 Å². The molecule has 1 rings (SSSR count). The number of hydrogen-bond donors (Lipinski definition) is 0. The van der Waals surface area contributed by atoms with Crippen molar-refractivity contribution < 1.29 is 14.0 Å². The minimum absolute atomic E-state index is 0.118. The molecule has 0 aromatic carbocycles. The standard InChI is InChI=1S/C14H26O3Si/c1-5-16-14(15)11-10-13(17-18(2,3)4)12-8-6-7-9-12/h5-11H2,1-4H3. The van der Waals surface area contributed by atoms with Crippen molar-refractivity contribution in [2.24, 2.45) is 0 Å². The Balaban J connectivity index is 2.61. The third kappa shape index (κ3) is 5.71. The molecule has 0 heterocycles. The van der Waals surface area contributed by atoms with Gasteiger partial charge in [-0.05, 0) is 57.8 Å². The first kappa shape index (κ1) is 15.3. The summed E-state index contributed by atoms with van der Waals surface area (Å²) >= 11 is 0. The van der Waals surface area contributed by atoms with Crippen molar-refractivity contribution in [2.45, 2.75) is 65.1 Å². The molecule has 18 heavy (non-hydrogen) atoms. The van der Waals surface area contributed by atoms with Gasteiger partial charge in [-0.3, -0.25) is 4.79 Å². The van der Waals surface area contributed by atoms with Gasteiger partial charge in [0.15, 0.2) is 0 Å². The van der Waals surface area contributed by atoms with E-state index >= 15 is 0 Å². The molecule has 4 heteroatoms. The van der Waals surface area contributed by atoms with Gasteiger partial charge in [0.2, 0.25) is 8.32 Å². The molecule has 0 atom stereocenters. The van der Waals surface area contributed by atoms with Crippen LogP contribution in [0.15, 0.2) is 11.3 Å². The molecule has 0 aromatic heterocycles. The lowest BCUT2D eigenvalue weighted by atomic mass is 10.1. The van der Waals surface area contributed by atoms with Crippen LogP contribution in [0.1, 0.15) is 45.4 Å². The minimum atomic E-state index is -1.59. The highest BCUT2D eigenvalue weighted by Gasteiger charge is 2.22. The Morgan fingerprint density at radius 2 is 1.78 bits per heavy atom. The van der Waals surface area contributed by atoms with E-state index in [1.54, 1.807) is 0 Å². The van der Waals surface area contributed by atoms with Gasteiger partial charge in [-0.2, -0.15) is 0 Å². The number of hydrogen-bond acceptors (Lipinski definition) is 3. The predicted molar refractivity (Wildman–Crippen MR) is 75.8 cm³/mol. The second-order valence-electron chi connectivity index (χ2n) is 5.75. The number of carbonyl (C=O) groups excluding carboxylic acids is 1. The maximum Gasteiger partial charge on any atom is 0.306 e. The molecule has 0 amide bonds. The molecule has 0 aromatic rings. The van der Waals surface area contributed by atoms with Crippen LogP contribution in [0.4, 0.5) is 0 Å². The minimum Gasteiger partial charge on any atom is -0.547 e. The highest BCUT2D eigenvalue weighted by Crippen LogP contribution is 2.31. The van der Waals surface area contributed by atoms with E-state index in [-0.39, 0.29) is 5.97 Å². The summed E-state index contributed by atoms with van der Waals surface area (Å²) in [5, 5.41) is 0. The topological polar surface area (TPSA) is 35.5 Å².